The normalized spacial score (nSPS) is 13.6. The van der Waals surface area contributed by atoms with Gasteiger partial charge in [-0.2, -0.15) is 0 Å². The number of nitrogens with two attached hydrogens (primary N) is 1. The van der Waals surface area contributed by atoms with Gasteiger partial charge in [0.15, 0.2) is 0 Å². The number of carbonyl (C=O) groups is 1. The second-order valence-corrected chi connectivity index (χ2v) is 4.42. The van der Waals surface area contributed by atoms with Gasteiger partial charge < -0.3 is 15.8 Å². The highest BCUT2D eigenvalue weighted by molar-refractivity contribution is 7.10. The lowest BCUT2D eigenvalue weighted by Gasteiger charge is -2.19. The summed E-state index contributed by atoms with van der Waals surface area (Å²) in [5.41, 5.74) is 5.44. The molecule has 0 aliphatic rings. The number of hydrogen-bond donors (Lipinski definition) is 2. The van der Waals surface area contributed by atoms with Crippen molar-refractivity contribution in [1.82, 2.24) is 5.32 Å². The first kappa shape index (κ1) is 16.4. The summed E-state index contributed by atoms with van der Waals surface area (Å²) in [5.74, 6) is -0.148. The molecular weight excluding hydrogens is 260 g/mol. The molecule has 0 aliphatic carbocycles. The summed E-state index contributed by atoms with van der Waals surface area (Å²) in [7, 11) is 1.49. The van der Waals surface area contributed by atoms with E-state index in [1.807, 2.05) is 24.4 Å². The van der Waals surface area contributed by atoms with E-state index >= 15 is 0 Å². The Morgan fingerprint density at radius 2 is 2.35 bits per heavy atom. The molecule has 0 aromatic carbocycles. The summed E-state index contributed by atoms with van der Waals surface area (Å²) in [6.45, 7) is 2.23. The third kappa shape index (κ3) is 4.63. The molecule has 0 saturated carbocycles. The standard InChI is InChI=1S/C11H18N2O2S.ClH/c1-3-8(10-5-4-6-16-10)13-11(14)9(7-12)15-2;/h4-6,8-9H,3,7,12H2,1-2H3,(H,13,14);1H. The van der Waals surface area contributed by atoms with Gasteiger partial charge in [0, 0.05) is 18.5 Å². The van der Waals surface area contributed by atoms with E-state index in [1.165, 1.54) is 7.11 Å². The molecule has 0 spiro atoms. The van der Waals surface area contributed by atoms with Gasteiger partial charge in [0.25, 0.3) is 5.91 Å². The van der Waals surface area contributed by atoms with Gasteiger partial charge in [0.05, 0.1) is 6.04 Å². The van der Waals surface area contributed by atoms with Crippen molar-refractivity contribution in [2.45, 2.75) is 25.5 Å². The van der Waals surface area contributed by atoms with E-state index in [0.717, 1.165) is 11.3 Å². The first-order valence-electron chi connectivity index (χ1n) is 5.29. The fourth-order valence-electron chi connectivity index (χ4n) is 1.44. The molecule has 98 valence electrons. The minimum absolute atomic E-state index is 0. The summed E-state index contributed by atoms with van der Waals surface area (Å²) < 4.78 is 4.99. The molecule has 17 heavy (non-hydrogen) atoms. The number of hydrogen-bond acceptors (Lipinski definition) is 4. The lowest BCUT2D eigenvalue weighted by molar-refractivity contribution is -0.131. The van der Waals surface area contributed by atoms with Crippen LogP contribution in [0.15, 0.2) is 17.5 Å². The molecule has 6 heteroatoms. The van der Waals surface area contributed by atoms with Crippen LogP contribution >= 0.6 is 23.7 Å². The monoisotopic (exact) mass is 278 g/mol. The Morgan fingerprint density at radius 1 is 1.65 bits per heavy atom. The molecule has 1 aromatic heterocycles. The van der Waals surface area contributed by atoms with Gasteiger partial charge in [-0.3, -0.25) is 4.79 Å². The Labute approximate surface area is 112 Å². The number of rotatable bonds is 6. The topological polar surface area (TPSA) is 64.4 Å². The van der Waals surface area contributed by atoms with Crippen LogP contribution in [-0.4, -0.2) is 25.7 Å². The predicted molar refractivity (Wildman–Crippen MR) is 72.6 cm³/mol. The summed E-state index contributed by atoms with van der Waals surface area (Å²) in [6.07, 6.45) is 0.293. The summed E-state index contributed by atoms with van der Waals surface area (Å²) >= 11 is 1.64. The number of carbonyl (C=O) groups excluding carboxylic acids is 1. The molecule has 0 bridgehead atoms. The third-order valence-electron chi connectivity index (χ3n) is 2.40. The van der Waals surface area contributed by atoms with E-state index in [-0.39, 0.29) is 30.9 Å². The van der Waals surface area contributed by atoms with Gasteiger partial charge in [-0.25, -0.2) is 0 Å². The predicted octanol–water partition coefficient (Wildman–Crippen LogP) is 1.71. The minimum Gasteiger partial charge on any atom is -0.370 e. The lowest BCUT2D eigenvalue weighted by atomic mass is 10.1. The van der Waals surface area contributed by atoms with Crippen LogP contribution in [0.4, 0.5) is 0 Å². The van der Waals surface area contributed by atoms with Crippen molar-refractivity contribution in [1.29, 1.82) is 0 Å². The summed E-state index contributed by atoms with van der Waals surface area (Å²) in [6, 6.07) is 4.05. The van der Waals surface area contributed by atoms with E-state index in [0.29, 0.717) is 0 Å². The zero-order chi connectivity index (χ0) is 12.0. The van der Waals surface area contributed by atoms with Crippen molar-refractivity contribution in [3.05, 3.63) is 22.4 Å². The molecule has 0 fully saturated rings. The van der Waals surface area contributed by atoms with Crippen molar-refractivity contribution in [2.75, 3.05) is 13.7 Å². The van der Waals surface area contributed by atoms with E-state index in [9.17, 15) is 4.79 Å². The average molecular weight is 279 g/mol. The van der Waals surface area contributed by atoms with E-state index in [1.54, 1.807) is 11.3 Å². The molecule has 4 nitrogen and oxygen atoms in total. The van der Waals surface area contributed by atoms with Gasteiger partial charge >= 0.3 is 0 Å². The summed E-state index contributed by atoms with van der Waals surface area (Å²) in [5, 5.41) is 4.94. The fraction of sp³-hybridized carbons (Fsp3) is 0.545. The second-order valence-electron chi connectivity index (χ2n) is 3.44. The van der Waals surface area contributed by atoms with Gasteiger partial charge in [-0.15, -0.1) is 23.7 Å². The van der Waals surface area contributed by atoms with Crippen LogP contribution in [0.1, 0.15) is 24.3 Å². The molecule has 2 atom stereocenters. The van der Waals surface area contributed by atoms with Gasteiger partial charge in [-0.1, -0.05) is 13.0 Å². The van der Waals surface area contributed by atoms with Gasteiger partial charge in [-0.05, 0) is 17.9 Å². The van der Waals surface area contributed by atoms with Crippen LogP contribution in [0.3, 0.4) is 0 Å². The quantitative estimate of drug-likeness (QED) is 0.833. The van der Waals surface area contributed by atoms with E-state index in [4.69, 9.17) is 10.5 Å². The first-order chi connectivity index (χ1) is 7.72. The van der Waals surface area contributed by atoms with Crippen LogP contribution < -0.4 is 11.1 Å². The van der Waals surface area contributed by atoms with Crippen molar-refractivity contribution >= 4 is 29.7 Å². The SMILES string of the molecule is CCC(NC(=O)C(CN)OC)c1cccs1.Cl. The van der Waals surface area contributed by atoms with Crippen molar-refractivity contribution < 1.29 is 9.53 Å². The van der Waals surface area contributed by atoms with Crippen LogP contribution in [0.25, 0.3) is 0 Å². The van der Waals surface area contributed by atoms with Crippen molar-refractivity contribution in [2.24, 2.45) is 5.73 Å². The number of amides is 1. The molecule has 1 amide bonds. The fourth-order valence-corrected chi connectivity index (χ4v) is 2.30. The highest BCUT2D eigenvalue weighted by atomic mass is 35.5. The largest absolute Gasteiger partial charge is 0.370 e. The lowest BCUT2D eigenvalue weighted by Crippen LogP contribution is -2.41. The third-order valence-corrected chi connectivity index (χ3v) is 3.39. The number of methoxy groups -OCH3 is 1. The zero-order valence-electron chi connectivity index (χ0n) is 10.0. The van der Waals surface area contributed by atoms with E-state index in [2.05, 4.69) is 5.32 Å². The minimum atomic E-state index is -0.561. The molecule has 2 unspecified atom stereocenters. The number of nitrogens with one attached hydrogen (secondary N) is 1. The maximum Gasteiger partial charge on any atom is 0.250 e. The Kier molecular flexibility index (Phi) is 8.16. The molecule has 0 aliphatic heterocycles. The molecule has 0 saturated heterocycles. The van der Waals surface area contributed by atoms with Crippen LogP contribution in [-0.2, 0) is 9.53 Å². The number of thiophene rings is 1. The number of ether oxygens (including phenoxy) is 1. The van der Waals surface area contributed by atoms with Crippen LogP contribution in [0, 0.1) is 0 Å². The van der Waals surface area contributed by atoms with E-state index < -0.39 is 6.10 Å². The summed E-state index contributed by atoms with van der Waals surface area (Å²) in [4.78, 5) is 12.9. The Bertz CT molecular complexity index is 315. The maximum absolute atomic E-state index is 11.8. The number of halogens is 1. The van der Waals surface area contributed by atoms with Crippen molar-refractivity contribution in [3.8, 4) is 0 Å². The first-order valence-corrected chi connectivity index (χ1v) is 6.17. The molecular formula is C11H19ClN2O2S. The molecule has 1 aromatic rings. The second kappa shape index (κ2) is 8.47. The zero-order valence-corrected chi connectivity index (χ0v) is 11.6. The Balaban J connectivity index is 0.00000256. The molecule has 1 heterocycles. The van der Waals surface area contributed by atoms with Gasteiger partial charge in [0.2, 0.25) is 0 Å². The van der Waals surface area contributed by atoms with Crippen LogP contribution in [0.5, 0.6) is 0 Å². The maximum atomic E-state index is 11.8. The molecule has 3 N–H and O–H groups in total. The van der Waals surface area contributed by atoms with Crippen LogP contribution in [0.2, 0.25) is 0 Å². The Morgan fingerprint density at radius 3 is 2.76 bits per heavy atom. The van der Waals surface area contributed by atoms with Crippen molar-refractivity contribution in [3.63, 3.8) is 0 Å². The highest BCUT2D eigenvalue weighted by Crippen LogP contribution is 2.21. The van der Waals surface area contributed by atoms with Gasteiger partial charge in [0.1, 0.15) is 6.10 Å². The smallest absolute Gasteiger partial charge is 0.250 e. The Hall–Kier alpha value is -0.620. The molecule has 1 rings (SSSR count). The average Bonchev–Trinajstić information content (AvgIpc) is 2.81. The molecule has 0 radical (unpaired) electrons. The highest BCUT2D eigenvalue weighted by Gasteiger charge is 2.20.